The number of nitrogens with one attached hydrogen (secondary N) is 1. The molecule has 1 aromatic carbocycles. The lowest BCUT2D eigenvalue weighted by atomic mass is 10.2. The van der Waals surface area contributed by atoms with Crippen LogP contribution in [-0.2, 0) is 16.6 Å². The van der Waals surface area contributed by atoms with Gasteiger partial charge in [-0.05, 0) is 24.1 Å². The summed E-state index contributed by atoms with van der Waals surface area (Å²) in [4.78, 5) is 0. The van der Waals surface area contributed by atoms with Crippen molar-refractivity contribution in [1.29, 1.82) is 5.26 Å². The zero-order valence-electron chi connectivity index (χ0n) is 10.9. The summed E-state index contributed by atoms with van der Waals surface area (Å²) in [5.41, 5.74) is 6.87. The van der Waals surface area contributed by atoms with Gasteiger partial charge in [0, 0.05) is 6.54 Å². The quantitative estimate of drug-likeness (QED) is 0.758. The molecule has 3 N–H and O–H groups in total. The Morgan fingerprint density at radius 3 is 2.68 bits per heavy atom. The fraction of sp³-hybridized carbons (Fsp3) is 0.417. The van der Waals surface area contributed by atoms with Crippen molar-refractivity contribution in [3.8, 4) is 11.8 Å². The number of methoxy groups -OCH3 is 1. The van der Waals surface area contributed by atoms with E-state index in [4.69, 9.17) is 15.7 Å². The van der Waals surface area contributed by atoms with Crippen LogP contribution in [0.4, 0.5) is 5.69 Å². The molecule has 0 aliphatic rings. The Bertz CT molecular complexity index is 578. The lowest BCUT2D eigenvalue weighted by molar-refractivity contribution is 0.417. The van der Waals surface area contributed by atoms with Crippen LogP contribution in [0, 0.1) is 11.3 Å². The van der Waals surface area contributed by atoms with E-state index in [2.05, 4.69) is 4.72 Å². The van der Waals surface area contributed by atoms with Crippen molar-refractivity contribution >= 4 is 15.7 Å². The van der Waals surface area contributed by atoms with Crippen LogP contribution in [0.2, 0.25) is 0 Å². The molecule has 0 fully saturated rings. The van der Waals surface area contributed by atoms with Crippen LogP contribution in [0.1, 0.15) is 18.9 Å². The van der Waals surface area contributed by atoms with Gasteiger partial charge in [0.05, 0.1) is 18.9 Å². The van der Waals surface area contributed by atoms with Crippen LogP contribution in [0.5, 0.6) is 5.75 Å². The normalized spacial score (nSPS) is 12.7. The minimum atomic E-state index is -3.63. The Hall–Kier alpha value is -1.78. The van der Waals surface area contributed by atoms with E-state index in [1.165, 1.54) is 7.11 Å². The Morgan fingerprint density at radius 2 is 2.21 bits per heavy atom. The number of benzene rings is 1. The molecule has 0 spiro atoms. The highest BCUT2D eigenvalue weighted by Crippen LogP contribution is 2.21. The summed E-state index contributed by atoms with van der Waals surface area (Å²) >= 11 is 0. The molecular formula is C12H17N3O3S. The summed E-state index contributed by atoms with van der Waals surface area (Å²) in [6, 6.07) is 6.78. The second kappa shape index (κ2) is 6.41. The second-order valence-electron chi connectivity index (χ2n) is 3.97. The molecule has 1 aromatic rings. The highest BCUT2D eigenvalue weighted by Gasteiger charge is 2.22. The first-order valence-electron chi connectivity index (χ1n) is 5.75. The Balaban J connectivity index is 2.78. The number of sulfonamides is 1. The third kappa shape index (κ3) is 3.84. The van der Waals surface area contributed by atoms with Crippen LogP contribution >= 0.6 is 0 Å². The van der Waals surface area contributed by atoms with Crippen molar-refractivity contribution in [3.05, 3.63) is 23.8 Å². The SMILES string of the molecule is CCC(C#N)S(=O)(=O)NCc1ccc(OC)c(N)c1. The van der Waals surface area contributed by atoms with Crippen LogP contribution in [0.3, 0.4) is 0 Å². The predicted octanol–water partition coefficient (Wildman–Crippen LogP) is 0.999. The molecule has 0 aliphatic heterocycles. The molecule has 19 heavy (non-hydrogen) atoms. The molecule has 104 valence electrons. The summed E-state index contributed by atoms with van der Waals surface area (Å²) in [6.45, 7) is 1.74. The monoisotopic (exact) mass is 283 g/mol. The predicted molar refractivity (Wildman–Crippen MR) is 72.9 cm³/mol. The van der Waals surface area contributed by atoms with Crippen molar-refractivity contribution in [3.63, 3.8) is 0 Å². The van der Waals surface area contributed by atoms with Crippen molar-refractivity contribution < 1.29 is 13.2 Å². The molecule has 0 saturated carbocycles. The Kier molecular flexibility index (Phi) is 5.15. The molecule has 0 amide bonds. The van der Waals surface area contributed by atoms with E-state index in [0.29, 0.717) is 17.0 Å². The van der Waals surface area contributed by atoms with E-state index in [1.54, 1.807) is 31.2 Å². The maximum absolute atomic E-state index is 11.8. The zero-order chi connectivity index (χ0) is 14.5. The molecule has 0 bridgehead atoms. The van der Waals surface area contributed by atoms with Gasteiger partial charge < -0.3 is 10.5 Å². The maximum Gasteiger partial charge on any atom is 0.228 e. The van der Waals surface area contributed by atoms with Crippen molar-refractivity contribution in [2.75, 3.05) is 12.8 Å². The second-order valence-corrected chi connectivity index (χ2v) is 5.92. The standard InChI is InChI=1S/C12H17N3O3S/c1-3-10(7-13)19(16,17)15-8-9-4-5-12(18-2)11(14)6-9/h4-6,10,15H,3,8,14H2,1-2H3. The van der Waals surface area contributed by atoms with E-state index in [-0.39, 0.29) is 13.0 Å². The number of hydrogen-bond acceptors (Lipinski definition) is 5. The average Bonchev–Trinajstić information content (AvgIpc) is 2.38. The molecule has 1 rings (SSSR count). The van der Waals surface area contributed by atoms with Gasteiger partial charge in [0.2, 0.25) is 10.0 Å². The van der Waals surface area contributed by atoms with Gasteiger partial charge in [-0.3, -0.25) is 0 Å². The van der Waals surface area contributed by atoms with Gasteiger partial charge in [0.25, 0.3) is 0 Å². The molecule has 0 aromatic heterocycles. The van der Waals surface area contributed by atoms with Crippen LogP contribution in [0.15, 0.2) is 18.2 Å². The molecule has 0 aliphatic carbocycles. The number of hydrogen-bond donors (Lipinski definition) is 2. The third-order valence-electron chi connectivity index (χ3n) is 2.66. The summed E-state index contributed by atoms with van der Waals surface area (Å²) in [5, 5.41) is 7.73. The van der Waals surface area contributed by atoms with Gasteiger partial charge in [-0.25, -0.2) is 13.1 Å². The molecule has 7 heteroatoms. The molecule has 1 unspecified atom stereocenters. The summed E-state index contributed by atoms with van der Waals surface area (Å²) < 4.78 is 31.0. The van der Waals surface area contributed by atoms with Gasteiger partial charge in [0.1, 0.15) is 5.75 Å². The number of nitriles is 1. The lowest BCUT2D eigenvalue weighted by Crippen LogP contribution is -2.32. The topological polar surface area (TPSA) is 105 Å². The summed E-state index contributed by atoms with van der Waals surface area (Å²) in [6.07, 6.45) is 0.247. The van der Waals surface area contributed by atoms with Crippen LogP contribution < -0.4 is 15.2 Å². The van der Waals surface area contributed by atoms with Gasteiger partial charge in [0.15, 0.2) is 5.25 Å². The summed E-state index contributed by atoms with van der Waals surface area (Å²) in [5.74, 6) is 0.537. The summed E-state index contributed by atoms with van der Waals surface area (Å²) in [7, 11) is -2.13. The first-order chi connectivity index (χ1) is 8.94. The van der Waals surface area contributed by atoms with Gasteiger partial charge in [-0.2, -0.15) is 5.26 Å². The molecule has 0 heterocycles. The Labute approximate surface area is 113 Å². The smallest absolute Gasteiger partial charge is 0.228 e. The molecular weight excluding hydrogens is 266 g/mol. The van der Waals surface area contributed by atoms with Crippen molar-refractivity contribution in [1.82, 2.24) is 4.72 Å². The first kappa shape index (κ1) is 15.3. The van der Waals surface area contributed by atoms with Gasteiger partial charge in [-0.1, -0.05) is 13.0 Å². The van der Waals surface area contributed by atoms with Crippen LogP contribution in [0.25, 0.3) is 0 Å². The average molecular weight is 283 g/mol. The first-order valence-corrected chi connectivity index (χ1v) is 7.29. The number of nitrogens with zero attached hydrogens (tertiary/aromatic N) is 1. The van der Waals surface area contributed by atoms with E-state index >= 15 is 0 Å². The van der Waals surface area contributed by atoms with Gasteiger partial charge in [-0.15, -0.1) is 0 Å². The number of nitrogens with two attached hydrogens (primary N) is 1. The number of ether oxygens (including phenoxy) is 1. The van der Waals surface area contributed by atoms with E-state index in [9.17, 15) is 8.42 Å². The molecule has 6 nitrogen and oxygen atoms in total. The highest BCUT2D eigenvalue weighted by molar-refractivity contribution is 7.90. The Morgan fingerprint density at radius 1 is 1.53 bits per heavy atom. The van der Waals surface area contributed by atoms with Crippen molar-refractivity contribution in [2.24, 2.45) is 0 Å². The molecule has 0 radical (unpaired) electrons. The number of anilines is 1. The molecule has 1 atom stereocenters. The minimum absolute atomic E-state index is 0.0920. The fourth-order valence-corrected chi connectivity index (χ4v) is 2.71. The van der Waals surface area contributed by atoms with Gasteiger partial charge >= 0.3 is 0 Å². The number of rotatable bonds is 6. The van der Waals surface area contributed by atoms with E-state index in [0.717, 1.165) is 0 Å². The zero-order valence-corrected chi connectivity index (χ0v) is 11.7. The largest absolute Gasteiger partial charge is 0.495 e. The highest BCUT2D eigenvalue weighted by atomic mass is 32.2. The lowest BCUT2D eigenvalue weighted by Gasteiger charge is -2.11. The van der Waals surface area contributed by atoms with E-state index in [1.807, 2.05) is 0 Å². The maximum atomic E-state index is 11.8. The minimum Gasteiger partial charge on any atom is -0.495 e. The fourth-order valence-electron chi connectivity index (χ4n) is 1.56. The third-order valence-corrected chi connectivity index (χ3v) is 4.40. The van der Waals surface area contributed by atoms with Crippen LogP contribution in [-0.4, -0.2) is 20.8 Å². The molecule has 0 saturated heterocycles. The van der Waals surface area contributed by atoms with E-state index < -0.39 is 15.3 Å². The van der Waals surface area contributed by atoms with Crippen molar-refractivity contribution in [2.45, 2.75) is 25.1 Å². The number of nitrogen functional groups attached to an aromatic ring is 1.